The molecule has 0 unspecified atom stereocenters. The summed E-state index contributed by atoms with van der Waals surface area (Å²) >= 11 is 3.54. The van der Waals surface area contributed by atoms with Gasteiger partial charge in [-0.3, -0.25) is 0 Å². The Bertz CT molecular complexity index is 386. The topological polar surface area (TPSA) is 23.5 Å². The molecular weight excluding hydrogens is 278 g/mol. The van der Waals surface area contributed by atoms with Crippen molar-refractivity contribution in [1.82, 2.24) is 0 Å². The van der Waals surface area contributed by atoms with Gasteiger partial charge in [0.2, 0.25) is 0 Å². The van der Waals surface area contributed by atoms with Gasteiger partial charge >= 0.3 is 0 Å². The van der Waals surface area contributed by atoms with Crippen LogP contribution in [0.4, 0.5) is 5.69 Å². The average Bonchev–Trinajstić information content (AvgIpc) is 2.80. The summed E-state index contributed by atoms with van der Waals surface area (Å²) < 4.78 is 0.995. The van der Waals surface area contributed by atoms with Crippen LogP contribution in [0.2, 0.25) is 0 Å². The highest BCUT2D eigenvalue weighted by Gasteiger charge is 2.20. The molecule has 2 rings (SSSR count). The van der Waals surface area contributed by atoms with Gasteiger partial charge in [-0.15, -0.1) is 0 Å². The Balaban J connectivity index is 2.18. The lowest BCUT2D eigenvalue weighted by atomic mass is 10.1. The van der Waals surface area contributed by atoms with E-state index in [0.717, 1.165) is 10.0 Å². The first-order valence-electron chi connectivity index (χ1n) is 6.30. The Hall–Kier alpha value is -0.540. The molecule has 2 nitrogen and oxygen atoms in total. The predicted octanol–water partition coefficient (Wildman–Crippen LogP) is 3.88. The molecule has 0 radical (unpaired) electrons. The summed E-state index contributed by atoms with van der Waals surface area (Å²) in [6, 6.07) is 6.90. The number of hydrogen-bond donors (Lipinski definition) is 1. The standard InChI is InChI=1S/C14H20BrNO/c1-10(17)13-8-7-12(9-14(13)15)16(2)11-5-3-4-6-11/h7-11,17H,3-6H2,1-2H3/t10-/m0/s1. The summed E-state index contributed by atoms with van der Waals surface area (Å²) in [5.41, 5.74) is 2.18. The zero-order valence-electron chi connectivity index (χ0n) is 10.5. The number of nitrogens with zero attached hydrogens (tertiary/aromatic N) is 1. The molecule has 1 aromatic carbocycles. The molecule has 0 amide bonds. The fraction of sp³-hybridized carbons (Fsp3) is 0.571. The Morgan fingerprint density at radius 1 is 1.35 bits per heavy atom. The van der Waals surface area contributed by atoms with Crippen molar-refractivity contribution in [2.75, 3.05) is 11.9 Å². The van der Waals surface area contributed by atoms with Crippen molar-refractivity contribution in [1.29, 1.82) is 0 Å². The van der Waals surface area contributed by atoms with Crippen LogP contribution >= 0.6 is 15.9 Å². The minimum Gasteiger partial charge on any atom is -0.389 e. The monoisotopic (exact) mass is 297 g/mol. The van der Waals surface area contributed by atoms with E-state index in [-0.39, 0.29) is 0 Å². The molecular formula is C14H20BrNO. The molecule has 1 atom stereocenters. The molecule has 0 saturated heterocycles. The minimum atomic E-state index is -0.421. The molecule has 1 aromatic rings. The zero-order valence-corrected chi connectivity index (χ0v) is 12.1. The SMILES string of the molecule is C[C@H](O)c1ccc(N(C)C2CCCC2)cc1Br. The number of anilines is 1. The Kier molecular flexibility index (Phi) is 4.10. The third-order valence-electron chi connectivity index (χ3n) is 3.71. The highest BCUT2D eigenvalue weighted by Crippen LogP contribution is 2.31. The van der Waals surface area contributed by atoms with Crippen LogP contribution in [-0.4, -0.2) is 18.2 Å². The van der Waals surface area contributed by atoms with E-state index in [1.54, 1.807) is 6.92 Å². The third kappa shape index (κ3) is 2.83. The summed E-state index contributed by atoms with van der Waals surface area (Å²) in [6.45, 7) is 1.79. The maximum absolute atomic E-state index is 9.60. The number of hydrogen-bond acceptors (Lipinski definition) is 2. The van der Waals surface area contributed by atoms with E-state index >= 15 is 0 Å². The van der Waals surface area contributed by atoms with E-state index in [4.69, 9.17) is 0 Å². The smallest absolute Gasteiger partial charge is 0.0772 e. The fourth-order valence-corrected chi connectivity index (χ4v) is 3.27. The first-order valence-corrected chi connectivity index (χ1v) is 7.09. The molecule has 1 aliphatic rings. The molecule has 3 heteroatoms. The van der Waals surface area contributed by atoms with Gasteiger partial charge in [-0.05, 0) is 37.5 Å². The molecule has 1 fully saturated rings. The summed E-state index contributed by atoms with van der Waals surface area (Å²) in [5.74, 6) is 0. The normalized spacial score (nSPS) is 18.4. The lowest BCUT2D eigenvalue weighted by molar-refractivity contribution is 0.198. The molecule has 0 aromatic heterocycles. The number of benzene rings is 1. The van der Waals surface area contributed by atoms with Gasteiger partial charge in [-0.25, -0.2) is 0 Å². The molecule has 17 heavy (non-hydrogen) atoms. The van der Waals surface area contributed by atoms with Crippen molar-refractivity contribution in [3.05, 3.63) is 28.2 Å². The molecule has 1 saturated carbocycles. The van der Waals surface area contributed by atoms with E-state index in [2.05, 4.69) is 40.0 Å². The quantitative estimate of drug-likeness (QED) is 0.915. The van der Waals surface area contributed by atoms with Gasteiger partial charge in [-0.2, -0.15) is 0 Å². The maximum Gasteiger partial charge on any atom is 0.0772 e. The minimum absolute atomic E-state index is 0.421. The first kappa shape index (κ1) is 12.9. The van der Waals surface area contributed by atoms with Crippen LogP contribution in [0.5, 0.6) is 0 Å². The second kappa shape index (κ2) is 5.40. The predicted molar refractivity (Wildman–Crippen MR) is 75.4 cm³/mol. The number of aliphatic hydroxyl groups is 1. The molecule has 0 spiro atoms. The van der Waals surface area contributed by atoms with Gasteiger partial charge in [0.25, 0.3) is 0 Å². The number of halogens is 1. The highest BCUT2D eigenvalue weighted by molar-refractivity contribution is 9.10. The van der Waals surface area contributed by atoms with Gasteiger partial charge in [-0.1, -0.05) is 34.8 Å². The molecule has 94 valence electrons. The van der Waals surface area contributed by atoms with Crippen molar-refractivity contribution >= 4 is 21.6 Å². The van der Waals surface area contributed by atoms with Crippen LogP contribution in [0.15, 0.2) is 22.7 Å². The lowest BCUT2D eigenvalue weighted by Gasteiger charge is -2.27. The van der Waals surface area contributed by atoms with E-state index in [1.807, 2.05) is 6.07 Å². The molecule has 0 aliphatic heterocycles. The molecule has 0 bridgehead atoms. The van der Waals surface area contributed by atoms with Crippen molar-refractivity contribution in [2.24, 2.45) is 0 Å². The third-order valence-corrected chi connectivity index (χ3v) is 4.40. The summed E-state index contributed by atoms with van der Waals surface area (Å²) in [4.78, 5) is 2.36. The van der Waals surface area contributed by atoms with Crippen LogP contribution < -0.4 is 4.90 Å². The lowest BCUT2D eigenvalue weighted by Crippen LogP contribution is -2.28. The fourth-order valence-electron chi connectivity index (χ4n) is 2.58. The molecule has 1 N–H and O–H groups in total. The zero-order chi connectivity index (χ0) is 12.4. The summed E-state index contributed by atoms with van der Waals surface area (Å²) in [7, 11) is 2.17. The molecule has 0 heterocycles. The van der Waals surface area contributed by atoms with Crippen LogP contribution in [0.25, 0.3) is 0 Å². The van der Waals surface area contributed by atoms with Crippen LogP contribution in [0.1, 0.15) is 44.3 Å². The van der Waals surface area contributed by atoms with Crippen molar-refractivity contribution in [3.63, 3.8) is 0 Å². The van der Waals surface area contributed by atoms with E-state index in [1.165, 1.54) is 31.4 Å². The van der Waals surface area contributed by atoms with Gasteiger partial charge in [0.1, 0.15) is 0 Å². The van der Waals surface area contributed by atoms with Gasteiger partial charge in [0, 0.05) is 23.2 Å². The van der Waals surface area contributed by atoms with Crippen LogP contribution in [-0.2, 0) is 0 Å². The van der Waals surface area contributed by atoms with Gasteiger partial charge in [0.15, 0.2) is 0 Å². The highest BCUT2D eigenvalue weighted by atomic mass is 79.9. The number of rotatable bonds is 3. The Morgan fingerprint density at radius 3 is 2.53 bits per heavy atom. The Labute approximate surface area is 112 Å². The van der Waals surface area contributed by atoms with Crippen molar-refractivity contribution in [3.8, 4) is 0 Å². The van der Waals surface area contributed by atoms with Crippen molar-refractivity contribution in [2.45, 2.75) is 44.8 Å². The Morgan fingerprint density at radius 2 is 2.00 bits per heavy atom. The maximum atomic E-state index is 9.60. The number of aliphatic hydroxyl groups excluding tert-OH is 1. The largest absolute Gasteiger partial charge is 0.389 e. The van der Waals surface area contributed by atoms with E-state index in [9.17, 15) is 5.11 Å². The van der Waals surface area contributed by atoms with Crippen LogP contribution in [0.3, 0.4) is 0 Å². The van der Waals surface area contributed by atoms with Crippen molar-refractivity contribution < 1.29 is 5.11 Å². The second-order valence-electron chi connectivity index (χ2n) is 4.93. The summed E-state index contributed by atoms with van der Waals surface area (Å²) in [5, 5.41) is 9.60. The van der Waals surface area contributed by atoms with Gasteiger partial charge < -0.3 is 10.0 Å². The summed E-state index contributed by atoms with van der Waals surface area (Å²) in [6.07, 6.45) is 4.87. The van der Waals surface area contributed by atoms with E-state index < -0.39 is 6.10 Å². The van der Waals surface area contributed by atoms with Crippen LogP contribution in [0, 0.1) is 0 Å². The first-order chi connectivity index (χ1) is 8.09. The average molecular weight is 298 g/mol. The molecule has 1 aliphatic carbocycles. The van der Waals surface area contributed by atoms with E-state index in [0.29, 0.717) is 6.04 Å². The van der Waals surface area contributed by atoms with Gasteiger partial charge in [0.05, 0.1) is 6.10 Å². The second-order valence-corrected chi connectivity index (χ2v) is 5.79.